The van der Waals surface area contributed by atoms with E-state index in [1.54, 1.807) is 0 Å². The molecule has 1 aromatic carbocycles. The maximum atomic E-state index is 11.8. The van der Waals surface area contributed by atoms with Gasteiger partial charge in [-0.05, 0) is 18.6 Å². The van der Waals surface area contributed by atoms with Crippen molar-refractivity contribution in [2.45, 2.75) is 6.42 Å². The molecule has 9 heteroatoms. The highest BCUT2D eigenvalue weighted by molar-refractivity contribution is 7.90. The molecule has 0 heterocycles. The molecule has 0 radical (unpaired) electrons. The Morgan fingerprint density at radius 1 is 1.45 bits per heavy atom. The van der Waals surface area contributed by atoms with Crippen LogP contribution in [0.25, 0.3) is 0 Å². The summed E-state index contributed by atoms with van der Waals surface area (Å²) in [6, 6.07) is 4.04. The first-order chi connectivity index (χ1) is 9.22. The number of halogens is 1. The average molecular weight is 321 g/mol. The van der Waals surface area contributed by atoms with E-state index >= 15 is 0 Å². The van der Waals surface area contributed by atoms with E-state index in [9.17, 15) is 23.3 Å². The van der Waals surface area contributed by atoms with Crippen LogP contribution in [0.4, 0.5) is 5.69 Å². The highest BCUT2D eigenvalue weighted by atomic mass is 35.5. The fourth-order valence-electron chi connectivity index (χ4n) is 1.52. The lowest BCUT2D eigenvalue weighted by molar-refractivity contribution is -0.385. The first-order valence-corrected chi connectivity index (χ1v) is 8.05. The van der Waals surface area contributed by atoms with Crippen LogP contribution >= 0.6 is 11.6 Å². The molecule has 0 aromatic heterocycles. The third-order valence-corrected chi connectivity index (χ3v) is 3.73. The first-order valence-electron chi connectivity index (χ1n) is 5.61. The number of nitrogens with one attached hydrogen (secondary N) is 1. The number of hydrogen-bond donors (Lipinski definition) is 1. The lowest BCUT2D eigenvalue weighted by atomic mass is 10.1. The van der Waals surface area contributed by atoms with Crippen molar-refractivity contribution >= 4 is 33.0 Å². The highest BCUT2D eigenvalue weighted by Gasteiger charge is 2.23. The molecule has 20 heavy (non-hydrogen) atoms. The Morgan fingerprint density at radius 3 is 2.65 bits per heavy atom. The zero-order valence-corrected chi connectivity index (χ0v) is 12.2. The number of carbonyl (C=O) groups is 1. The Hall–Kier alpha value is -1.67. The Kier molecular flexibility index (Phi) is 5.46. The van der Waals surface area contributed by atoms with Crippen LogP contribution in [0, 0.1) is 10.1 Å². The molecule has 1 amide bonds. The third kappa shape index (κ3) is 4.78. The van der Waals surface area contributed by atoms with Crippen LogP contribution in [0.3, 0.4) is 0 Å². The molecule has 0 aliphatic heterocycles. The second kappa shape index (κ2) is 6.67. The van der Waals surface area contributed by atoms with Crippen molar-refractivity contribution in [3.8, 4) is 0 Å². The molecule has 1 rings (SSSR count). The quantitative estimate of drug-likeness (QED) is 0.484. The molecular formula is C11H13ClN2O5S. The van der Waals surface area contributed by atoms with Gasteiger partial charge in [0.25, 0.3) is 5.91 Å². The van der Waals surface area contributed by atoms with Gasteiger partial charge in [-0.3, -0.25) is 14.9 Å². The van der Waals surface area contributed by atoms with Crippen LogP contribution < -0.4 is 5.32 Å². The monoisotopic (exact) mass is 320 g/mol. The van der Waals surface area contributed by atoms with E-state index in [0.717, 1.165) is 6.26 Å². The fraction of sp³-hybridized carbons (Fsp3) is 0.364. The summed E-state index contributed by atoms with van der Waals surface area (Å²) in [5.74, 6) is -0.724. The number of carbonyl (C=O) groups excluding carboxylic acids is 1. The topological polar surface area (TPSA) is 106 Å². The van der Waals surface area contributed by atoms with Crippen molar-refractivity contribution in [2.24, 2.45) is 0 Å². The van der Waals surface area contributed by atoms with E-state index in [-0.39, 0.29) is 29.3 Å². The minimum absolute atomic E-state index is 0.0646. The smallest absolute Gasteiger partial charge is 0.300 e. The van der Waals surface area contributed by atoms with Gasteiger partial charge in [0, 0.05) is 12.8 Å². The van der Waals surface area contributed by atoms with E-state index < -0.39 is 26.4 Å². The summed E-state index contributed by atoms with van der Waals surface area (Å²) < 4.78 is 21.8. The van der Waals surface area contributed by atoms with E-state index in [1.165, 1.54) is 18.2 Å². The average Bonchev–Trinajstić information content (AvgIpc) is 2.32. The van der Waals surface area contributed by atoms with Crippen LogP contribution in [0.2, 0.25) is 5.02 Å². The third-order valence-electron chi connectivity index (χ3n) is 2.39. The van der Waals surface area contributed by atoms with Gasteiger partial charge in [-0.25, -0.2) is 8.42 Å². The molecular weight excluding hydrogens is 308 g/mol. The molecule has 0 fully saturated rings. The van der Waals surface area contributed by atoms with E-state index in [0.29, 0.717) is 0 Å². The van der Waals surface area contributed by atoms with Gasteiger partial charge >= 0.3 is 5.69 Å². The van der Waals surface area contributed by atoms with Crippen molar-refractivity contribution in [2.75, 3.05) is 18.6 Å². The second-order valence-electron chi connectivity index (χ2n) is 4.13. The molecule has 1 N–H and O–H groups in total. The summed E-state index contributed by atoms with van der Waals surface area (Å²) >= 11 is 5.69. The van der Waals surface area contributed by atoms with Gasteiger partial charge in [0.2, 0.25) is 0 Å². The normalized spacial score (nSPS) is 11.1. The predicted molar refractivity (Wildman–Crippen MR) is 74.8 cm³/mol. The molecule has 0 unspecified atom stereocenters. The minimum Gasteiger partial charge on any atom is -0.352 e. The Morgan fingerprint density at radius 2 is 2.10 bits per heavy atom. The Bertz CT molecular complexity index is 630. The Balaban J connectivity index is 2.74. The molecule has 0 bridgehead atoms. The maximum Gasteiger partial charge on any atom is 0.300 e. The van der Waals surface area contributed by atoms with Crippen molar-refractivity contribution in [1.82, 2.24) is 5.32 Å². The molecule has 0 saturated heterocycles. The van der Waals surface area contributed by atoms with Gasteiger partial charge in [-0.15, -0.1) is 0 Å². The second-order valence-corrected chi connectivity index (χ2v) is 6.80. The van der Waals surface area contributed by atoms with Crippen molar-refractivity contribution in [3.05, 3.63) is 38.9 Å². The van der Waals surface area contributed by atoms with Gasteiger partial charge in [0.1, 0.15) is 20.4 Å². The summed E-state index contributed by atoms with van der Waals surface area (Å²) in [4.78, 5) is 22.0. The number of sulfone groups is 1. The van der Waals surface area contributed by atoms with E-state index in [2.05, 4.69) is 5.32 Å². The largest absolute Gasteiger partial charge is 0.352 e. The van der Waals surface area contributed by atoms with Gasteiger partial charge in [-0.1, -0.05) is 17.7 Å². The van der Waals surface area contributed by atoms with Crippen LogP contribution in [-0.4, -0.2) is 37.8 Å². The standard InChI is InChI=1S/C11H13ClN2O5S/c1-20(18,19)7-3-6-13-11(15)8-4-2-5-9(12)10(8)14(16)17/h2,4-5H,3,6-7H2,1H3,(H,13,15). The molecule has 0 atom stereocenters. The SMILES string of the molecule is CS(=O)(=O)CCCNC(=O)c1cccc(Cl)c1[N+](=O)[O-]. The molecule has 110 valence electrons. The van der Waals surface area contributed by atoms with Gasteiger partial charge in [0.05, 0.1) is 10.7 Å². The number of amides is 1. The van der Waals surface area contributed by atoms with Crippen molar-refractivity contribution < 1.29 is 18.1 Å². The van der Waals surface area contributed by atoms with E-state index in [1.807, 2.05) is 0 Å². The number of hydrogen-bond acceptors (Lipinski definition) is 5. The highest BCUT2D eigenvalue weighted by Crippen LogP contribution is 2.27. The number of rotatable bonds is 6. The maximum absolute atomic E-state index is 11.8. The van der Waals surface area contributed by atoms with Gasteiger partial charge < -0.3 is 5.32 Å². The molecule has 0 aliphatic carbocycles. The lowest BCUT2D eigenvalue weighted by Gasteiger charge is -2.06. The first kappa shape index (κ1) is 16.4. The molecule has 0 spiro atoms. The van der Waals surface area contributed by atoms with Gasteiger partial charge in [0.15, 0.2) is 0 Å². The van der Waals surface area contributed by atoms with Gasteiger partial charge in [-0.2, -0.15) is 0 Å². The van der Waals surface area contributed by atoms with Crippen LogP contribution in [0.15, 0.2) is 18.2 Å². The van der Waals surface area contributed by atoms with Crippen molar-refractivity contribution in [3.63, 3.8) is 0 Å². The predicted octanol–water partition coefficient (Wildman–Crippen LogP) is 1.41. The minimum atomic E-state index is -3.10. The molecule has 0 saturated carbocycles. The summed E-state index contributed by atoms with van der Waals surface area (Å²) in [5, 5.41) is 13.2. The molecule has 0 aliphatic rings. The molecule has 7 nitrogen and oxygen atoms in total. The van der Waals surface area contributed by atoms with Crippen molar-refractivity contribution in [1.29, 1.82) is 0 Å². The number of nitrogens with zero attached hydrogens (tertiary/aromatic N) is 1. The fourth-order valence-corrected chi connectivity index (χ4v) is 2.43. The van der Waals surface area contributed by atoms with Crippen LogP contribution in [0.1, 0.15) is 16.8 Å². The zero-order valence-electron chi connectivity index (χ0n) is 10.6. The number of benzene rings is 1. The van der Waals surface area contributed by atoms with Crippen LogP contribution in [-0.2, 0) is 9.84 Å². The summed E-state index contributed by atoms with van der Waals surface area (Å²) in [6.45, 7) is 0.107. The molecule has 1 aromatic rings. The number of para-hydroxylation sites is 1. The lowest BCUT2D eigenvalue weighted by Crippen LogP contribution is -2.26. The Labute approximate surface area is 121 Å². The number of nitro groups is 1. The van der Waals surface area contributed by atoms with E-state index in [4.69, 9.17) is 11.6 Å². The zero-order chi connectivity index (χ0) is 15.3. The summed E-state index contributed by atoms with van der Waals surface area (Å²) in [7, 11) is -3.10. The number of nitro benzene ring substituents is 1. The summed E-state index contributed by atoms with van der Waals surface area (Å²) in [6.07, 6.45) is 1.33. The van der Waals surface area contributed by atoms with Crippen LogP contribution in [0.5, 0.6) is 0 Å². The summed E-state index contributed by atoms with van der Waals surface area (Å²) in [5.41, 5.74) is -0.614.